The van der Waals surface area contributed by atoms with Crippen LogP contribution < -0.4 is 5.56 Å². The van der Waals surface area contributed by atoms with Crippen LogP contribution in [0.25, 0.3) is 11.4 Å². The van der Waals surface area contributed by atoms with Crippen molar-refractivity contribution in [3.05, 3.63) is 39.8 Å². The highest BCUT2D eigenvalue weighted by atomic mass is 19.4. The van der Waals surface area contributed by atoms with Gasteiger partial charge in [-0.25, -0.2) is 0 Å². The van der Waals surface area contributed by atoms with Gasteiger partial charge >= 0.3 is 6.18 Å². The molecule has 2 unspecified atom stereocenters. The van der Waals surface area contributed by atoms with E-state index in [1.54, 1.807) is 0 Å². The maximum absolute atomic E-state index is 12.8. The molecule has 1 fully saturated rings. The first kappa shape index (κ1) is 20.3. The van der Waals surface area contributed by atoms with Crippen molar-refractivity contribution in [3.8, 4) is 17.1 Å². The Labute approximate surface area is 159 Å². The molecule has 0 radical (unpaired) electrons. The lowest BCUT2D eigenvalue weighted by Crippen LogP contribution is -2.38. The summed E-state index contributed by atoms with van der Waals surface area (Å²) in [5.41, 5.74) is -1.79. The van der Waals surface area contributed by atoms with E-state index in [-0.39, 0.29) is 23.0 Å². The molecule has 2 heterocycles. The Kier molecular flexibility index (Phi) is 5.44. The summed E-state index contributed by atoms with van der Waals surface area (Å²) in [6, 6.07) is 2.40. The SMILES string of the molecule is CN1CCCC(C(O)c2nnc(-c3ccc(C(F)(F)F)cc3O)n(C)c2=O)C1. The number of likely N-dealkylation sites (tertiary alicyclic amines) is 1. The van der Waals surface area contributed by atoms with Gasteiger partial charge in [0.2, 0.25) is 0 Å². The maximum atomic E-state index is 12.8. The summed E-state index contributed by atoms with van der Waals surface area (Å²) in [7, 11) is 3.30. The molecule has 1 aromatic carbocycles. The van der Waals surface area contributed by atoms with Crippen LogP contribution in [-0.4, -0.2) is 50.0 Å². The summed E-state index contributed by atoms with van der Waals surface area (Å²) in [5.74, 6) is -0.916. The number of hydrogen-bond donors (Lipinski definition) is 2. The summed E-state index contributed by atoms with van der Waals surface area (Å²) in [4.78, 5) is 14.8. The van der Waals surface area contributed by atoms with Crippen molar-refractivity contribution < 1.29 is 23.4 Å². The highest BCUT2D eigenvalue weighted by molar-refractivity contribution is 5.64. The quantitative estimate of drug-likeness (QED) is 0.821. The highest BCUT2D eigenvalue weighted by Gasteiger charge is 2.32. The summed E-state index contributed by atoms with van der Waals surface area (Å²) in [5, 5.41) is 28.3. The third kappa shape index (κ3) is 3.88. The van der Waals surface area contributed by atoms with Crippen LogP contribution in [0.2, 0.25) is 0 Å². The van der Waals surface area contributed by atoms with Gasteiger partial charge in [-0.1, -0.05) is 0 Å². The monoisotopic (exact) mass is 398 g/mol. The Morgan fingerprint density at radius 1 is 1.25 bits per heavy atom. The first-order valence-electron chi connectivity index (χ1n) is 8.80. The lowest BCUT2D eigenvalue weighted by Gasteiger charge is -2.32. The predicted molar refractivity (Wildman–Crippen MR) is 94.6 cm³/mol. The zero-order valence-corrected chi connectivity index (χ0v) is 15.4. The van der Waals surface area contributed by atoms with E-state index in [9.17, 15) is 28.2 Å². The van der Waals surface area contributed by atoms with Crippen LogP contribution in [0.4, 0.5) is 13.2 Å². The number of benzene rings is 1. The molecule has 0 saturated carbocycles. The number of aromatic hydroxyl groups is 1. The number of phenolic OH excluding ortho intramolecular Hbond substituents is 1. The average Bonchev–Trinajstić information content (AvgIpc) is 2.63. The largest absolute Gasteiger partial charge is 0.507 e. The predicted octanol–water partition coefficient (Wildman–Crippen LogP) is 1.94. The molecule has 2 N–H and O–H groups in total. The number of piperidine rings is 1. The Morgan fingerprint density at radius 2 is 1.96 bits per heavy atom. The molecule has 1 aliphatic heterocycles. The van der Waals surface area contributed by atoms with Crippen molar-refractivity contribution in [1.82, 2.24) is 19.7 Å². The second kappa shape index (κ2) is 7.51. The van der Waals surface area contributed by atoms with Crippen LogP contribution >= 0.6 is 0 Å². The number of aromatic nitrogens is 3. The van der Waals surface area contributed by atoms with E-state index in [0.717, 1.165) is 36.1 Å². The Balaban J connectivity index is 1.96. The summed E-state index contributed by atoms with van der Waals surface area (Å²) < 4.78 is 39.4. The molecule has 0 bridgehead atoms. The minimum Gasteiger partial charge on any atom is -0.507 e. The number of nitrogens with zero attached hydrogens (tertiary/aromatic N) is 4. The smallest absolute Gasteiger partial charge is 0.416 e. The van der Waals surface area contributed by atoms with Gasteiger partial charge in [-0.2, -0.15) is 13.2 Å². The second-order valence-corrected chi connectivity index (χ2v) is 7.11. The number of rotatable bonds is 3. The lowest BCUT2D eigenvalue weighted by atomic mass is 9.91. The summed E-state index contributed by atoms with van der Waals surface area (Å²) in [6.45, 7) is 1.53. The van der Waals surface area contributed by atoms with Crippen molar-refractivity contribution in [3.63, 3.8) is 0 Å². The van der Waals surface area contributed by atoms with Crippen molar-refractivity contribution in [2.45, 2.75) is 25.1 Å². The van der Waals surface area contributed by atoms with Crippen molar-refractivity contribution in [2.24, 2.45) is 13.0 Å². The topological polar surface area (TPSA) is 91.5 Å². The number of aliphatic hydroxyl groups is 1. The Hall–Kier alpha value is -2.46. The minimum absolute atomic E-state index is 0.0569. The van der Waals surface area contributed by atoms with E-state index in [1.165, 1.54) is 7.05 Å². The van der Waals surface area contributed by atoms with E-state index in [2.05, 4.69) is 15.1 Å². The number of halogens is 3. The third-order valence-electron chi connectivity index (χ3n) is 5.05. The average molecular weight is 398 g/mol. The molecule has 3 rings (SSSR count). The van der Waals surface area contributed by atoms with E-state index in [4.69, 9.17) is 0 Å². The number of phenols is 1. The van der Waals surface area contributed by atoms with Crippen molar-refractivity contribution >= 4 is 0 Å². The fourth-order valence-electron chi connectivity index (χ4n) is 3.48. The maximum Gasteiger partial charge on any atom is 0.416 e. The summed E-state index contributed by atoms with van der Waals surface area (Å²) >= 11 is 0. The van der Waals surface area contributed by atoms with Gasteiger partial charge in [-0.3, -0.25) is 9.36 Å². The molecule has 1 saturated heterocycles. The van der Waals surface area contributed by atoms with Gasteiger partial charge in [-0.05, 0) is 44.6 Å². The van der Waals surface area contributed by atoms with Gasteiger partial charge in [-0.15, -0.1) is 10.2 Å². The normalized spacial score (nSPS) is 19.6. The molecule has 28 heavy (non-hydrogen) atoms. The van der Waals surface area contributed by atoms with Crippen molar-refractivity contribution in [1.29, 1.82) is 0 Å². The zero-order valence-electron chi connectivity index (χ0n) is 15.4. The number of hydrogen-bond acceptors (Lipinski definition) is 6. The Morgan fingerprint density at radius 3 is 2.57 bits per heavy atom. The fraction of sp³-hybridized carbons (Fsp3) is 0.500. The molecule has 2 atom stereocenters. The van der Waals surface area contributed by atoms with Gasteiger partial charge in [0, 0.05) is 19.5 Å². The van der Waals surface area contributed by atoms with Crippen LogP contribution in [-0.2, 0) is 13.2 Å². The molecule has 0 amide bonds. The highest BCUT2D eigenvalue weighted by Crippen LogP contribution is 2.35. The standard InChI is InChI=1S/C18H21F3N4O3/c1-24-7-3-4-10(9-24)15(27)14-17(28)25(2)16(23-22-14)12-6-5-11(8-13(12)26)18(19,20)21/h5-6,8,10,15,26-27H,3-4,7,9H2,1-2H3. The van der Waals surface area contributed by atoms with Gasteiger partial charge in [0.1, 0.15) is 11.9 Å². The van der Waals surface area contributed by atoms with E-state index >= 15 is 0 Å². The Bertz CT molecular complexity index is 929. The molecule has 2 aromatic rings. The molecule has 10 heteroatoms. The molecule has 1 aromatic heterocycles. The van der Waals surface area contributed by atoms with Crippen LogP contribution in [0, 0.1) is 5.92 Å². The molecule has 0 aliphatic carbocycles. The molecule has 7 nitrogen and oxygen atoms in total. The summed E-state index contributed by atoms with van der Waals surface area (Å²) in [6.07, 6.45) is -4.06. The zero-order chi connectivity index (χ0) is 20.6. The second-order valence-electron chi connectivity index (χ2n) is 7.11. The van der Waals surface area contributed by atoms with Gasteiger partial charge in [0.15, 0.2) is 11.5 Å². The van der Waals surface area contributed by atoms with Crippen molar-refractivity contribution in [2.75, 3.05) is 20.1 Å². The van der Waals surface area contributed by atoms with Crippen LogP contribution in [0.1, 0.15) is 30.2 Å². The van der Waals surface area contributed by atoms with E-state index in [1.807, 2.05) is 7.05 Å². The van der Waals surface area contributed by atoms with E-state index in [0.29, 0.717) is 12.6 Å². The molecule has 0 spiro atoms. The fourth-order valence-corrected chi connectivity index (χ4v) is 3.48. The molecular weight excluding hydrogens is 377 g/mol. The van der Waals surface area contributed by atoms with Crippen LogP contribution in [0.5, 0.6) is 5.75 Å². The molecule has 1 aliphatic rings. The third-order valence-corrected chi connectivity index (χ3v) is 5.05. The molecular formula is C18H21F3N4O3. The first-order valence-corrected chi connectivity index (χ1v) is 8.80. The lowest BCUT2D eigenvalue weighted by molar-refractivity contribution is -0.137. The minimum atomic E-state index is -4.60. The molecule has 152 valence electrons. The van der Waals surface area contributed by atoms with E-state index < -0.39 is 29.2 Å². The van der Waals surface area contributed by atoms with Crippen LogP contribution in [0.15, 0.2) is 23.0 Å². The number of aliphatic hydroxyl groups excluding tert-OH is 1. The van der Waals surface area contributed by atoms with Gasteiger partial charge in [0.25, 0.3) is 5.56 Å². The van der Waals surface area contributed by atoms with Crippen LogP contribution in [0.3, 0.4) is 0 Å². The first-order chi connectivity index (χ1) is 13.1. The van der Waals surface area contributed by atoms with Gasteiger partial charge in [0.05, 0.1) is 11.1 Å². The number of alkyl halides is 3. The van der Waals surface area contributed by atoms with Gasteiger partial charge < -0.3 is 15.1 Å².